The fourth-order valence-corrected chi connectivity index (χ4v) is 3.00. The summed E-state index contributed by atoms with van der Waals surface area (Å²) in [5.41, 5.74) is 0. The van der Waals surface area contributed by atoms with Crippen LogP contribution < -0.4 is 4.90 Å². The first kappa shape index (κ1) is 15.8. The highest BCUT2D eigenvalue weighted by molar-refractivity contribution is 6.30. The summed E-state index contributed by atoms with van der Waals surface area (Å²) >= 11 is 5.85. The number of rotatable bonds is 4. The van der Waals surface area contributed by atoms with Crippen molar-refractivity contribution in [3.8, 4) is 0 Å². The first-order valence-electron chi connectivity index (χ1n) is 7.71. The predicted molar refractivity (Wildman–Crippen MR) is 89.6 cm³/mol. The molecule has 23 heavy (non-hydrogen) atoms. The first-order valence-corrected chi connectivity index (χ1v) is 8.09. The summed E-state index contributed by atoms with van der Waals surface area (Å²) in [5, 5.41) is 0.590. The molecule has 1 saturated heterocycles. The molecule has 3 rings (SSSR count). The smallest absolute Gasteiger partial charge is 0.242 e. The van der Waals surface area contributed by atoms with Crippen LogP contribution in [0.4, 0.5) is 5.82 Å². The van der Waals surface area contributed by atoms with Gasteiger partial charge in [0, 0.05) is 38.7 Å². The van der Waals surface area contributed by atoms with Crippen molar-refractivity contribution in [2.24, 2.45) is 0 Å². The maximum absolute atomic E-state index is 12.6. The van der Waals surface area contributed by atoms with Gasteiger partial charge in [0.15, 0.2) is 0 Å². The van der Waals surface area contributed by atoms with E-state index in [0.29, 0.717) is 17.6 Å². The van der Waals surface area contributed by atoms with Crippen LogP contribution in [0.15, 0.2) is 37.1 Å². The van der Waals surface area contributed by atoms with Crippen molar-refractivity contribution in [1.82, 2.24) is 19.4 Å². The number of likely N-dealkylation sites (N-methyl/N-ethyl adjacent to an activating group) is 1. The lowest BCUT2D eigenvalue weighted by Crippen LogP contribution is -2.45. The highest BCUT2D eigenvalue weighted by Gasteiger charge is 2.25. The molecule has 7 heteroatoms. The molecular formula is C16H20ClN5O. The van der Waals surface area contributed by atoms with Gasteiger partial charge in [0.25, 0.3) is 0 Å². The Morgan fingerprint density at radius 3 is 3.04 bits per heavy atom. The van der Waals surface area contributed by atoms with Crippen molar-refractivity contribution < 1.29 is 4.79 Å². The molecular weight excluding hydrogens is 314 g/mol. The zero-order valence-corrected chi connectivity index (χ0v) is 13.9. The maximum Gasteiger partial charge on any atom is 0.242 e. The number of nitrogens with zero attached hydrogens (tertiary/aromatic N) is 5. The van der Waals surface area contributed by atoms with Crippen molar-refractivity contribution in [3.63, 3.8) is 0 Å². The summed E-state index contributed by atoms with van der Waals surface area (Å²) in [4.78, 5) is 24.7. The minimum atomic E-state index is 0.120. The summed E-state index contributed by atoms with van der Waals surface area (Å²) in [6, 6.07) is 3.91. The van der Waals surface area contributed by atoms with Crippen LogP contribution in [0, 0.1) is 0 Å². The molecule has 3 heterocycles. The molecule has 0 spiro atoms. The molecule has 0 aromatic carbocycles. The predicted octanol–water partition coefficient (Wildman–Crippen LogP) is 2.23. The van der Waals surface area contributed by atoms with E-state index in [9.17, 15) is 4.79 Å². The third-order valence-electron chi connectivity index (χ3n) is 4.17. The van der Waals surface area contributed by atoms with Crippen molar-refractivity contribution in [2.75, 3.05) is 31.6 Å². The van der Waals surface area contributed by atoms with Crippen molar-refractivity contribution in [1.29, 1.82) is 0 Å². The monoisotopic (exact) mass is 333 g/mol. The van der Waals surface area contributed by atoms with E-state index in [1.165, 1.54) is 0 Å². The molecule has 6 nitrogen and oxygen atoms in total. The number of imidazole rings is 1. The Kier molecular flexibility index (Phi) is 4.81. The van der Waals surface area contributed by atoms with E-state index < -0.39 is 0 Å². The second-order valence-corrected chi connectivity index (χ2v) is 6.27. The fourth-order valence-electron chi connectivity index (χ4n) is 2.89. The van der Waals surface area contributed by atoms with Gasteiger partial charge in [-0.1, -0.05) is 11.6 Å². The molecule has 0 saturated carbocycles. The van der Waals surface area contributed by atoms with Gasteiger partial charge in [0.2, 0.25) is 5.91 Å². The topological polar surface area (TPSA) is 54.3 Å². The first-order chi connectivity index (χ1) is 11.1. The molecule has 0 unspecified atom stereocenters. The summed E-state index contributed by atoms with van der Waals surface area (Å²) in [7, 11) is 1.87. The van der Waals surface area contributed by atoms with Gasteiger partial charge in [-0.2, -0.15) is 0 Å². The lowest BCUT2D eigenvalue weighted by molar-refractivity contribution is -0.131. The number of aromatic nitrogens is 3. The van der Waals surface area contributed by atoms with Crippen LogP contribution >= 0.6 is 11.6 Å². The number of pyridine rings is 1. The molecule has 0 radical (unpaired) electrons. The second-order valence-electron chi connectivity index (χ2n) is 5.84. The van der Waals surface area contributed by atoms with Crippen LogP contribution in [0.2, 0.25) is 5.02 Å². The molecule has 1 aliphatic heterocycles. The SMILES string of the molecule is CN(CC(=O)N1CCC[C@@H](n2ccnc2)C1)c1ccc(Cl)cn1. The highest BCUT2D eigenvalue weighted by Crippen LogP contribution is 2.21. The highest BCUT2D eigenvalue weighted by atomic mass is 35.5. The maximum atomic E-state index is 12.6. The van der Waals surface area contributed by atoms with Gasteiger partial charge in [-0.25, -0.2) is 9.97 Å². The summed E-state index contributed by atoms with van der Waals surface area (Å²) < 4.78 is 2.09. The van der Waals surface area contributed by atoms with Gasteiger partial charge in [0.1, 0.15) is 5.82 Å². The number of hydrogen-bond acceptors (Lipinski definition) is 4. The molecule has 1 aliphatic rings. The number of hydrogen-bond donors (Lipinski definition) is 0. The Labute approximate surface area is 140 Å². The summed E-state index contributed by atoms with van der Waals surface area (Å²) in [5.74, 6) is 0.861. The van der Waals surface area contributed by atoms with E-state index in [0.717, 1.165) is 31.7 Å². The molecule has 1 fully saturated rings. The van der Waals surface area contributed by atoms with Gasteiger partial charge in [-0.3, -0.25) is 4.79 Å². The lowest BCUT2D eigenvalue weighted by Gasteiger charge is -2.34. The average Bonchev–Trinajstić information content (AvgIpc) is 3.10. The Morgan fingerprint density at radius 2 is 2.35 bits per heavy atom. The molecule has 2 aromatic heterocycles. The van der Waals surface area contributed by atoms with E-state index in [-0.39, 0.29) is 5.91 Å². The van der Waals surface area contributed by atoms with Gasteiger partial charge in [-0.15, -0.1) is 0 Å². The van der Waals surface area contributed by atoms with E-state index in [1.807, 2.05) is 35.4 Å². The lowest BCUT2D eigenvalue weighted by atomic mass is 10.1. The number of piperidine rings is 1. The third-order valence-corrected chi connectivity index (χ3v) is 4.39. The third kappa shape index (κ3) is 3.82. The van der Waals surface area contributed by atoms with Gasteiger partial charge < -0.3 is 14.4 Å². The van der Waals surface area contributed by atoms with Crippen LogP contribution in [0.5, 0.6) is 0 Å². The van der Waals surface area contributed by atoms with E-state index in [1.54, 1.807) is 18.5 Å². The Morgan fingerprint density at radius 1 is 1.48 bits per heavy atom. The minimum Gasteiger partial charge on any atom is -0.350 e. The van der Waals surface area contributed by atoms with E-state index in [4.69, 9.17) is 11.6 Å². The second kappa shape index (κ2) is 7.00. The summed E-state index contributed by atoms with van der Waals surface area (Å²) in [6.45, 7) is 1.86. The zero-order chi connectivity index (χ0) is 16.2. The fraction of sp³-hybridized carbons (Fsp3) is 0.438. The molecule has 2 aromatic rings. The van der Waals surface area contributed by atoms with E-state index in [2.05, 4.69) is 14.5 Å². The Bertz CT molecular complexity index is 643. The Balaban J connectivity index is 1.60. The largest absolute Gasteiger partial charge is 0.350 e. The van der Waals surface area contributed by atoms with Crippen LogP contribution in [-0.4, -0.2) is 52.0 Å². The van der Waals surface area contributed by atoms with Crippen molar-refractivity contribution >= 4 is 23.3 Å². The van der Waals surface area contributed by atoms with Crippen LogP contribution in [-0.2, 0) is 4.79 Å². The van der Waals surface area contributed by atoms with Gasteiger partial charge in [-0.05, 0) is 25.0 Å². The molecule has 122 valence electrons. The zero-order valence-electron chi connectivity index (χ0n) is 13.1. The number of halogens is 1. The summed E-state index contributed by atoms with van der Waals surface area (Å²) in [6.07, 6.45) is 9.24. The van der Waals surface area contributed by atoms with Crippen LogP contribution in [0.3, 0.4) is 0 Å². The number of carbonyl (C=O) groups is 1. The minimum absolute atomic E-state index is 0.120. The normalized spacial score (nSPS) is 18.0. The standard InChI is InChI=1S/C16H20ClN5O/c1-20(15-5-4-13(17)9-19-15)11-16(23)21-7-2-3-14(10-21)22-8-6-18-12-22/h4-6,8-9,12,14H,2-3,7,10-11H2,1H3/t14-/m1/s1. The molecule has 1 atom stereocenters. The van der Waals surface area contributed by atoms with Crippen LogP contribution in [0.1, 0.15) is 18.9 Å². The number of likely N-dealkylation sites (tertiary alicyclic amines) is 1. The Hall–Kier alpha value is -2.08. The van der Waals surface area contributed by atoms with Gasteiger partial charge >= 0.3 is 0 Å². The number of amides is 1. The molecule has 0 N–H and O–H groups in total. The van der Waals surface area contributed by atoms with Crippen LogP contribution in [0.25, 0.3) is 0 Å². The quantitative estimate of drug-likeness (QED) is 0.861. The average molecular weight is 334 g/mol. The van der Waals surface area contributed by atoms with Crippen molar-refractivity contribution in [3.05, 3.63) is 42.1 Å². The molecule has 0 bridgehead atoms. The van der Waals surface area contributed by atoms with Gasteiger partial charge in [0.05, 0.1) is 23.9 Å². The van der Waals surface area contributed by atoms with E-state index >= 15 is 0 Å². The number of carbonyl (C=O) groups excluding carboxylic acids is 1. The molecule has 1 amide bonds. The molecule has 0 aliphatic carbocycles. The number of anilines is 1. The van der Waals surface area contributed by atoms with Crippen molar-refractivity contribution in [2.45, 2.75) is 18.9 Å².